The maximum absolute atomic E-state index is 13.2. The van der Waals surface area contributed by atoms with Crippen LogP contribution in [0.15, 0.2) is 29.3 Å². The first-order chi connectivity index (χ1) is 11.0. The first-order valence-electron chi connectivity index (χ1n) is 8.04. The van der Waals surface area contributed by atoms with E-state index >= 15 is 0 Å². The molecule has 0 bridgehead atoms. The zero-order chi connectivity index (χ0) is 16.7. The quantitative estimate of drug-likeness (QED) is 0.414. The molecular weight excluding hydrogens is 422 g/mol. The van der Waals surface area contributed by atoms with Gasteiger partial charge in [0.15, 0.2) is 5.96 Å². The lowest BCUT2D eigenvalue weighted by Crippen LogP contribution is -2.46. The van der Waals surface area contributed by atoms with Gasteiger partial charge in [-0.3, -0.25) is 4.79 Å². The van der Waals surface area contributed by atoms with Gasteiger partial charge in [0.05, 0.1) is 13.1 Å². The maximum atomic E-state index is 13.2. The summed E-state index contributed by atoms with van der Waals surface area (Å²) in [4.78, 5) is 17.8. The van der Waals surface area contributed by atoms with Gasteiger partial charge in [-0.25, -0.2) is 9.38 Å². The molecule has 0 heterocycles. The fourth-order valence-corrected chi connectivity index (χ4v) is 2.54. The van der Waals surface area contributed by atoms with Crippen LogP contribution < -0.4 is 10.6 Å². The number of amides is 1. The number of hydrogen-bond acceptors (Lipinski definition) is 2. The average molecular weight is 448 g/mol. The zero-order valence-corrected chi connectivity index (χ0v) is 16.5. The summed E-state index contributed by atoms with van der Waals surface area (Å²) < 4.78 is 13.2. The predicted molar refractivity (Wildman–Crippen MR) is 105 cm³/mol. The van der Waals surface area contributed by atoms with Crippen LogP contribution in [-0.2, 0) is 11.3 Å². The van der Waals surface area contributed by atoms with Crippen molar-refractivity contribution in [3.8, 4) is 0 Å². The summed E-state index contributed by atoms with van der Waals surface area (Å²) in [5.74, 6) is 0.326. The molecule has 0 unspecified atom stereocenters. The summed E-state index contributed by atoms with van der Waals surface area (Å²) in [7, 11) is 3.44. The van der Waals surface area contributed by atoms with E-state index in [-0.39, 0.29) is 42.2 Å². The Morgan fingerprint density at radius 1 is 1.33 bits per heavy atom. The van der Waals surface area contributed by atoms with E-state index < -0.39 is 0 Å². The second kappa shape index (κ2) is 10.5. The zero-order valence-electron chi connectivity index (χ0n) is 14.2. The van der Waals surface area contributed by atoms with Crippen molar-refractivity contribution >= 4 is 35.8 Å². The third-order valence-corrected chi connectivity index (χ3v) is 3.91. The van der Waals surface area contributed by atoms with E-state index in [0.717, 1.165) is 18.4 Å². The normalized spacial score (nSPS) is 14.9. The minimum absolute atomic E-state index is 0. The molecule has 2 rings (SSSR count). The molecule has 0 aliphatic heterocycles. The van der Waals surface area contributed by atoms with Crippen LogP contribution in [0.5, 0.6) is 0 Å². The summed E-state index contributed by atoms with van der Waals surface area (Å²) in [5, 5.41) is 6.44. The lowest BCUT2D eigenvalue weighted by molar-refractivity contribution is -0.127. The monoisotopic (exact) mass is 448 g/mol. The minimum atomic E-state index is -0.265. The second-order valence-electron chi connectivity index (χ2n) is 6.06. The van der Waals surface area contributed by atoms with E-state index in [1.54, 1.807) is 20.2 Å². The second-order valence-corrected chi connectivity index (χ2v) is 6.06. The highest BCUT2D eigenvalue weighted by molar-refractivity contribution is 14.0. The van der Waals surface area contributed by atoms with Crippen LogP contribution in [0.25, 0.3) is 0 Å². The number of carbonyl (C=O) groups is 1. The summed E-state index contributed by atoms with van der Waals surface area (Å²) in [6, 6.07) is 6.79. The molecule has 1 amide bonds. The number of guanidine groups is 1. The van der Waals surface area contributed by atoms with Crippen molar-refractivity contribution in [1.29, 1.82) is 0 Å². The van der Waals surface area contributed by atoms with Crippen molar-refractivity contribution < 1.29 is 9.18 Å². The molecule has 24 heavy (non-hydrogen) atoms. The fourth-order valence-electron chi connectivity index (χ4n) is 2.54. The van der Waals surface area contributed by atoms with Gasteiger partial charge in [-0.1, -0.05) is 25.0 Å². The van der Waals surface area contributed by atoms with Gasteiger partial charge in [0.25, 0.3) is 0 Å². The van der Waals surface area contributed by atoms with E-state index in [1.807, 2.05) is 6.07 Å². The van der Waals surface area contributed by atoms with Gasteiger partial charge in [0.1, 0.15) is 5.82 Å². The number of benzene rings is 1. The highest BCUT2D eigenvalue weighted by Crippen LogP contribution is 2.17. The molecule has 2 N–H and O–H groups in total. The molecule has 1 saturated carbocycles. The molecule has 134 valence electrons. The van der Waals surface area contributed by atoms with Crippen LogP contribution in [0.3, 0.4) is 0 Å². The molecule has 0 spiro atoms. The lowest BCUT2D eigenvalue weighted by Gasteiger charge is -2.18. The first-order valence-corrected chi connectivity index (χ1v) is 8.04. The largest absolute Gasteiger partial charge is 0.354 e. The number of aliphatic imine (C=N–C) groups is 1. The molecule has 5 nitrogen and oxygen atoms in total. The molecule has 0 radical (unpaired) electrons. The van der Waals surface area contributed by atoms with E-state index in [9.17, 15) is 9.18 Å². The predicted octanol–water partition coefficient (Wildman–Crippen LogP) is 2.51. The highest BCUT2D eigenvalue weighted by Gasteiger charge is 2.16. The Labute approximate surface area is 160 Å². The van der Waals surface area contributed by atoms with Crippen LogP contribution in [0.1, 0.15) is 31.2 Å². The maximum Gasteiger partial charge on any atom is 0.241 e. The standard InChI is InChI=1S/C17H25FN4O.HI/c1-22(2)16(23)12-20-17(21-15-8-3-4-9-15)19-11-13-6-5-7-14(18)10-13;/h5-7,10,15H,3-4,8-9,11-12H2,1-2H3,(H2,19,20,21);1H. The van der Waals surface area contributed by atoms with Crippen molar-refractivity contribution in [1.82, 2.24) is 15.5 Å². The fraction of sp³-hybridized carbons (Fsp3) is 0.529. The van der Waals surface area contributed by atoms with Crippen molar-refractivity contribution in [2.24, 2.45) is 4.99 Å². The smallest absolute Gasteiger partial charge is 0.241 e. The average Bonchev–Trinajstić information content (AvgIpc) is 3.02. The first kappa shape index (κ1) is 20.7. The summed E-state index contributed by atoms with van der Waals surface area (Å²) >= 11 is 0. The van der Waals surface area contributed by atoms with Gasteiger partial charge in [-0.05, 0) is 30.5 Å². The van der Waals surface area contributed by atoms with Gasteiger partial charge in [0, 0.05) is 20.1 Å². The third-order valence-electron chi connectivity index (χ3n) is 3.91. The Morgan fingerprint density at radius 2 is 2.04 bits per heavy atom. The Balaban J connectivity index is 0.00000288. The molecule has 0 atom stereocenters. The highest BCUT2D eigenvalue weighted by atomic mass is 127. The SMILES string of the molecule is CN(C)C(=O)CNC(=NCc1cccc(F)c1)NC1CCCC1.I. The molecule has 1 aromatic rings. The van der Waals surface area contributed by atoms with Crippen LogP contribution in [-0.4, -0.2) is 43.4 Å². The molecule has 1 aliphatic carbocycles. The van der Waals surface area contributed by atoms with E-state index in [2.05, 4.69) is 15.6 Å². The van der Waals surface area contributed by atoms with Crippen LogP contribution in [0.4, 0.5) is 4.39 Å². The van der Waals surface area contributed by atoms with Crippen LogP contribution >= 0.6 is 24.0 Å². The Hall–Kier alpha value is -1.38. The Bertz CT molecular complexity index is 559. The minimum Gasteiger partial charge on any atom is -0.354 e. The summed E-state index contributed by atoms with van der Waals surface area (Å²) in [6.07, 6.45) is 4.65. The van der Waals surface area contributed by atoms with Crippen LogP contribution in [0, 0.1) is 5.82 Å². The molecule has 0 saturated heterocycles. The van der Waals surface area contributed by atoms with Gasteiger partial charge in [-0.15, -0.1) is 24.0 Å². The molecule has 7 heteroatoms. The van der Waals surface area contributed by atoms with Gasteiger partial charge < -0.3 is 15.5 Å². The van der Waals surface area contributed by atoms with Crippen molar-refractivity contribution in [3.05, 3.63) is 35.6 Å². The van der Waals surface area contributed by atoms with Gasteiger partial charge >= 0.3 is 0 Å². The Kier molecular flexibility index (Phi) is 9.02. The van der Waals surface area contributed by atoms with E-state index in [0.29, 0.717) is 18.5 Å². The number of halogens is 2. The molecule has 0 aromatic heterocycles. The topological polar surface area (TPSA) is 56.7 Å². The number of hydrogen-bond donors (Lipinski definition) is 2. The van der Waals surface area contributed by atoms with Crippen molar-refractivity contribution in [3.63, 3.8) is 0 Å². The van der Waals surface area contributed by atoms with Gasteiger partial charge in [0.2, 0.25) is 5.91 Å². The summed E-state index contributed by atoms with van der Waals surface area (Å²) in [6.45, 7) is 0.560. The molecule has 1 aromatic carbocycles. The molecule has 1 aliphatic rings. The number of likely N-dealkylation sites (N-methyl/N-ethyl adjacent to an activating group) is 1. The number of nitrogens with zero attached hydrogens (tertiary/aromatic N) is 2. The van der Waals surface area contributed by atoms with Crippen molar-refractivity contribution in [2.75, 3.05) is 20.6 Å². The van der Waals surface area contributed by atoms with E-state index in [4.69, 9.17) is 0 Å². The number of rotatable bonds is 5. The molecular formula is C17H26FIN4O. The summed E-state index contributed by atoms with van der Waals surface area (Å²) in [5.41, 5.74) is 0.802. The molecule has 1 fully saturated rings. The van der Waals surface area contributed by atoms with E-state index in [1.165, 1.54) is 29.9 Å². The third kappa shape index (κ3) is 7.02. The number of nitrogens with one attached hydrogen (secondary N) is 2. The van der Waals surface area contributed by atoms with Gasteiger partial charge in [-0.2, -0.15) is 0 Å². The van der Waals surface area contributed by atoms with Crippen LogP contribution in [0.2, 0.25) is 0 Å². The Morgan fingerprint density at radius 3 is 2.67 bits per heavy atom. The van der Waals surface area contributed by atoms with Crippen molar-refractivity contribution in [2.45, 2.75) is 38.3 Å². The lowest BCUT2D eigenvalue weighted by atomic mass is 10.2. The number of carbonyl (C=O) groups excluding carboxylic acids is 1.